The number of aromatic nitrogens is 2. The molecule has 1 fully saturated rings. The molecule has 1 aliphatic rings. The number of ether oxygens (including phenoxy) is 1. The van der Waals surface area contributed by atoms with Crippen LogP contribution in [0.3, 0.4) is 0 Å². The van der Waals surface area contributed by atoms with Gasteiger partial charge >= 0.3 is 0 Å². The molecule has 0 saturated carbocycles. The smallest absolute Gasteiger partial charge is 0.134 e. The molecule has 0 aliphatic carbocycles. The number of nitrogens with zero attached hydrogens (tertiary/aromatic N) is 2. The highest BCUT2D eigenvalue weighted by molar-refractivity contribution is 5.56. The lowest BCUT2D eigenvalue weighted by Gasteiger charge is -2.22. The topological polar surface area (TPSA) is 59.1 Å². The molecule has 1 unspecified atom stereocenters. The van der Waals surface area contributed by atoms with E-state index in [1.165, 1.54) is 6.42 Å². The normalized spacial score (nSPS) is 20.0. The van der Waals surface area contributed by atoms with Crippen LogP contribution >= 0.6 is 0 Å². The van der Waals surface area contributed by atoms with E-state index in [1.54, 1.807) is 6.33 Å². The molecule has 2 rings (SSSR count). The van der Waals surface area contributed by atoms with Crippen LogP contribution in [0, 0.1) is 12.8 Å². The molecule has 0 radical (unpaired) electrons. The minimum absolute atomic E-state index is 0.594. The van der Waals surface area contributed by atoms with Gasteiger partial charge in [-0.05, 0) is 25.7 Å². The Bertz CT molecular complexity index is 364. The van der Waals surface area contributed by atoms with E-state index < -0.39 is 0 Å². The first-order chi connectivity index (χ1) is 8.31. The number of hydrogen-bond acceptors (Lipinski definition) is 5. The maximum Gasteiger partial charge on any atom is 0.134 e. The average Bonchev–Trinajstić information content (AvgIpc) is 2.39. The van der Waals surface area contributed by atoms with Crippen molar-refractivity contribution in [3.05, 3.63) is 11.9 Å². The van der Waals surface area contributed by atoms with Crippen LogP contribution < -0.4 is 10.6 Å². The zero-order valence-electron chi connectivity index (χ0n) is 10.5. The second-order valence-electron chi connectivity index (χ2n) is 4.41. The van der Waals surface area contributed by atoms with Crippen molar-refractivity contribution in [1.29, 1.82) is 0 Å². The first kappa shape index (κ1) is 12.1. The van der Waals surface area contributed by atoms with Gasteiger partial charge in [-0.15, -0.1) is 0 Å². The highest BCUT2D eigenvalue weighted by Crippen LogP contribution is 2.19. The highest BCUT2D eigenvalue weighted by atomic mass is 16.5. The molecule has 1 aromatic heterocycles. The Labute approximate surface area is 102 Å². The van der Waals surface area contributed by atoms with Crippen LogP contribution in [-0.4, -0.2) is 36.8 Å². The predicted octanol–water partition coefficient (Wildman–Crippen LogP) is 1.67. The van der Waals surface area contributed by atoms with Gasteiger partial charge in [-0.2, -0.15) is 0 Å². The standard InChI is InChI=1S/C12H20N4O/c1-9-11(13-2)15-8-16-12(9)14-6-10-4-3-5-17-7-10/h8,10H,3-7H2,1-2H3,(H2,13,14,15,16). The summed E-state index contributed by atoms with van der Waals surface area (Å²) in [6, 6.07) is 0. The molecule has 2 heterocycles. The second-order valence-corrected chi connectivity index (χ2v) is 4.41. The Balaban J connectivity index is 1.93. The SMILES string of the molecule is CNc1ncnc(NCC2CCCOC2)c1C. The van der Waals surface area contributed by atoms with Crippen molar-refractivity contribution < 1.29 is 4.74 Å². The molecular weight excluding hydrogens is 216 g/mol. The average molecular weight is 236 g/mol. The van der Waals surface area contributed by atoms with Gasteiger partial charge in [-0.1, -0.05) is 0 Å². The molecular formula is C12H20N4O. The first-order valence-corrected chi connectivity index (χ1v) is 6.12. The molecule has 0 spiro atoms. The largest absolute Gasteiger partial charge is 0.381 e. The van der Waals surface area contributed by atoms with E-state index in [0.717, 1.165) is 43.4 Å². The van der Waals surface area contributed by atoms with Crippen LogP contribution in [0.2, 0.25) is 0 Å². The molecule has 94 valence electrons. The molecule has 1 atom stereocenters. The van der Waals surface area contributed by atoms with Gasteiger partial charge in [0.2, 0.25) is 0 Å². The van der Waals surface area contributed by atoms with Crippen molar-refractivity contribution in [2.45, 2.75) is 19.8 Å². The molecule has 1 aromatic rings. The summed E-state index contributed by atoms with van der Waals surface area (Å²) in [5.74, 6) is 2.38. The van der Waals surface area contributed by atoms with E-state index in [1.807, 2.05) is 14.0 Å². The second kappa shape index (κ2) is 5.82. The summed E-state index contributed by atoms with van der Waals surface area (Å²) in [6.45, 7) is 4.70. The van der Waals surface area contributed by atoms with Crippen molar-refractivity contribution in [3.8, 4) is 0 Å². The zero-order valence-corrected chi connectivity index (χ0v) is 10.5. The van der Waals surface area contributed by atoms with Crippen LogP contribution in [0.25, 0.3) is 0 Å². The van der Waals surface area contributed by atoms with Gasteiger partial charge in [0.15, 0.2) is 0 Å². The molecule has 2 N–H and O–H groups in total. The summed E-state index contributed by atoms with van der Waals surface area (Å²) in [4.78, 5) is 8.43. The number of anilines is 2. The highest BCUT2D eigenvalue weighted by Gasteiger charge is 2.14. The van der Waals surface area contributed by atoms with E-state index in [0.29, 0.717) is 5.92 Å². The maximum atomic E-state index is 5.46. The summed E-state index contributed by atoms with van der Waals surface area (Å²) in [7, 11) is 1.87. The van der Waals surface area contributed by atoms with Crippen molar-refractivity contribution >= 4 is 11.6 Å². The van der Waals surface area contributed by atoms with Crippen molar-refractivity contribution in [1.82, 2.24) is 9.97 Å². The predicted molar refractivity (Wildman–Crippen MR) is 68.3 cm³/mol. The number of hydrogen-bond donors (Lipinski definition) is 2. The lowest BCUT2D eigenvalue weighted by Crippen LogP contribution is -2.25. The maximum absolute atomic E-state index is 5.46. The summed E-state index contributed by atoms with van der Waals surface area (Å²) in [6.07, 6.45) is 3.98. The van der Waals surface area contributed by atoms with E-state index in [2.05, 4.69) is 20.6 Å². The zero-order chi connectivity index (χ0) is 12.1. The van der Waals surface area contributed by atoms with Gasteiger partial charge < -0.3 is 15.4 Å². The molecule has 0 aromatic carbocycles. The van der Waals surface area contributed by atoms with Gasteiger partial charge in [0.1, 0.15) is 18.0 Å². The molecule has 5 heteroatoms. The fraction of sp³-hybridized carbons (Fsp3) is 0.667. The van der Waals surface area contributed by atoms with Crippen LogP contribution in [0.1, 0.15) is 18.4 Å². The number of nitrogens with one attached hydrogen (secondary N) is 2. The Morgan fingerprint density at radius 3 is 2.94 bits per heavy atom. The third-order valence-corrected chi connectivity index (χ3v) is 3.13. The van der Waals surface area contributed by atoms with E-state index in [-0.39, 0.29) is 0 Å². The van der Waals surface area contributed by atoms with Gasteiger partial charge in [0.25, 0.3) is 0 Å². The fourth-order valence-corrected chi connectivity index (χ4v) is 2.09. The molecule has 17 heavy (non-hydrogen) atoms. The summed E-state index contributed by atoms with van der Waals surface area (Å²) in [5, 5.41) is 6.44. The molecule has 0 bridgehead atoms. The van der Waals surface area contributed by atoms with Crippen LogP contribution in [0.5, 0.6) is 0 Å². The van der Waals surface area contributed by atoms with Crippen LogP contribution in [0.4, 0.5) is 11.6 Å². The lowest BCUT2D eigenvalue weighted by atomic mass is 10.0. The van der Waals surface area contributed by atoms with Gasteiger partial charge in [0.05, 0.1) is 6.61 Å². The quantitative estimate of drug-likeness (QED) is 0.832. The molecule has 5 nitrogen and oxygen atoms in total. The van der Waals surface area contributed by atoms with Gasteiger partial charge in [0, 0.05) is 25.8 Å². The van der Waals surface area contributed by atoms with E-state index in [4.69, 9.17) is 4.74 Å². The minimum Gasteiger partial charge on any atom is -0.381 e. The summed E-state index contributed by atoms with van der Waals surface area (Å²) < 4.78 is 5.46. The minimum atomic E-state index is 0.594. The van der Waals surface area contributed by atoms with E-state index >= 15 is 0 Å². The third-order valence-electron chi connectivity index (χ3n) is 3.13. The van der Waals surface area contributed by atoms with Crippen molar-refractivity contribution in [2.75, 3.05) is 37.4 Å². The molecule has 0 amide bonds. The summed E-state index contributed by atoms with van der Waals surface area (Å²) in [5.41, 5.74) is 1.06. The van der Waals surface area contributed by atoms with E-state index in [9.17, 15) is 0 Å². The Hall–Kier alpha value is -1.36. The van der Waals surface area contributed by atoms with Crippen molar-refractivity contribution in [3.63, 3.8) is 0 Å². The van der Waals surface area contributed by atoms with Crippen LogP contribution in [-0.2, 0) is 4.74 Å². The molecule has 1 aliphatic heterocycles. The monoisotopic (exact) mass is 236 g/mol. The van der Waals surface area contributed by atoms with Gasteiger partial charge in [-0.3, -0.25) is 0 Å². The Morgan fingerprint density at radius 2 is 2.24 bits per heavy atom. The first-order valence-electron chi connectivity index (χ1n) is 6.12. The Kier molecular flexibility index (Phi) is 4.14. The van der Waals surface area contributed by atoms with Crippen LogP contribution in [0.15, 0.2) is 6.33 Å². The lowest BCUT2D eigenvalue weighted by molar-refractivity contribution is 0.0595. The molecule has 1 saturated heterocycles. The summed E-state index contributed by atoms with van der Waals surface area (Å²) >= 11 is 0. The fourth-order valence-electron chi connectivity index (χ4n) is 2.09. The van der Waals surface area contributed by atoms with Gasteiger partial charge in [-0.25, -0.2) is 9.97 Å². The number of rotatable bonds is 4. The Morgan fingerprint density at radius 1 is 1.41 bits per heavy atom. The third kappa shape index (κ3) is 3.06. The van der Waals surface area contributed by atoms with Crippen molar-refractivity contribution in [2.24, 2.45) is 5.92 Å².